The van der Waals surface area contributed by atoms with Gasteiger partial charge < -0.3 is 10.6 Å². The van der Waals surface area contributed by atoms with Gasteiger partial charge in [-0.1, -0.05) is 60.7 Å². The van der Waals surface area contributed by atoms with Crippen molar-refractivity contribution >= 4 is 40.0 Å². The number of hydrogen-bond donors (Lipinski definition) is 3. The van der Waals surface area contributed by atoms with Crippen LogP contribution < -0.4 is 15.8 Å². The van der Waals surface area contributed by atoms with Crippen molar-refractivity contribution in [2.45, 2.75) is 12.8 Å². The highest BCUT2D eigenvalue weighted by molar-refractivity contribution is 14.0. The van der Waals surface area contributed by atoms with Crippen LogP contribution in [0.3, 0.4) is 0 Å². The van der Waals surface area contributed by atoms with Crippen LogP contribution in [0.1, 0.15) is 24.0 Å². The highest BCUT2D eigenvalue weighted by atomic mass is 127. The molecule has 0 aromatic heterocycles. The van der Waals surface area contributed by atoms with Gasteiger partial charge in [0.25, 0.3) is 0 Å². The highest BCUT2D eigenvalue weighted by Crippen LogP contribution is 2.24. The Morgan fingerprint density at radius 3 is 1.96 bits per heavy atom. The van der Waals surface area contributed by atoms with Gasteiger partial charge in [0.15, 0.2) is 5.96 Å². The number of hydrogen-bond acceptors (Lipinski definition) is 3. The maximum atomic E-state index is 11.1. The Balaban J connectivity index is 0.00000364. The fourth-order valence-corrected chi connectivity index (χ4v) is 3.00. The molecule has 0 aliphatic carbocycles. The van der Waals surface area contributed by atoms with Gasteiger partial charge in [-0.15, -0.1) is 24.0 Å². The maximum absolute atomic E-state index is 11.1. The van der Waals surface area contributed by atoms with Crippen LogP contribution in [0.5, 0.6) is 0 Å². The van der Waals surface area contributed by atoms with E-state index in [1.807, 2.05) is 43.3 Å². The molecular formula is C19H27IN4O2S. The lowest BCUT2D eigenvalue weighted by molar-refractivity contribution is 0.596. The summed E-state index contributed by atoms with van der Waals surface area (Å²) in [4.78, 5) is 4.64. The summed E-state index contributed by atoms with van der Waals surface area (Å²) in [5, 5.41) is 11.2. The van der Waals surface area contributed by atoms with Crippen molar-refractivity contribution in [2.24, 2.45) is 10.1 Å². The van der Waals surface area contributed by atoms with E-state index in [4.69, 9.17) is 5.14 Å². The van der Waals surface area contributed by atoms with Crippen molar-refractivity contribution in [3.8, 4) is 0 Å². The number of aliphatic imine (C=N–C) groups is 1. The number of rotatable bonds is 8. The molecule has 8 heteroatoms. The third-order valence-corrected chi connectivity index (χ3v) is 4.63. The van der Waals surface area contributed by atoms with E-state index in [2.05, 4.69) is 39.9 Å². The molecule has 0 saturated carbocycles. The van der Waals surface area contributed by atoms with Crippen LogP contribution in [-0.4, -0.2) is 39.8 Å². The predicted molar refractivity (Wildman–Crippen MR) is 122 cm³/mol. The lowest BCUT2D eigenvalue weighted by atomic mass is 9.91. The van der Waals surface area contributed by atoms with Gasteiger partial charge in [-0.2, -0.15) is 0 Å². The molecule has 0 fully saturated rings. The molecule has 2 aromatic rings. The first kappa shape index (κ1) is 23.4. The summed E-state index contributed by atoms with van der Waals surface area (Å²) < 4.78 is 22.2. The molecule has 4 N–H and O–H groups in total. The van der Waals surface area contributed by atoms with Crippen LogP contribution in [0, 0.1) is 0 Å². The average molecular weight is 502 g/mol. The van der Waals surface area contributed by atoms with Crippen molar-refractivity contribution < 1.29 is 8.42 Å². The van der Waals surface area contributed by atoms with Crippen molar-refractivity contribution in [1.29, 1.82) is 0 Å². The van der Waals surface area contributed by atoms with E-state index in [0.29, 0.717) is 19.0 Å². The molecule has 0 heterocycles. The zero-order chi connectivity index (χ0) is 18.8. The van der Waals surface area contributed by atoms with E-state index in [-0.39, 0.29) is 42.2 Å². The first-order valence-electron chi connectivity index (χ1n) is 8.62. The molecule has 0 aliphatic heterocycles. The largest absolute Gasteiger partial charge is 0.357 e. The highest BCUT2D eigenvalue weighted by Gasteiger charge is 2.14. The SMILES string of the molecule is CCNC(=NCC(c1ccccc1)c1ccccc1)NCCS(N)(=O)=O.I. The van der Waals surface area contributed by atoms with Gasteiger partial charge in [-0.25, -0.2) is 13.6 Å². The quantitative estimate of drug-likeness (QED) is 0.293. The van der Waals surface area contributed by atoms with Crippen LogP contribution in [0.15, 0.2) is 65.7 Å². The minimum atomic E-state index is -3.50. The number of primary sulfonamides is 1. The number of benzene rings is 2. The lowest BCUT2D eigenvalue weighted by Gasteiger charge is -2.17. The van der Waals surface area contributed by atoms with E-state index >= 15 is 0 Å². The molecule has 2 rings (SSSR count). The maximum Gasteiger partial charge on any atom is 0.210 e. The molecule has 0 radical (unpaired) electrons. The van der Waals surface area contributed by atoms with Gasteiger partial charge in [0.1, 0.15) is 0 Å². The fraction of sp³-hybridized carbons (Fsp3) is 0.316. The topological polar surface area (TPSA) is 96.6 Å². The molecule has 0 aliphatic rings. The molecule has 148 valence electrons. The number of nitrogens with one attached hydrogen (secondary N) is 2. The third kappa shape index (κ3) is 8.72. The number of halogens is 1. The first-order chi connectivity index (χ1) is 12.5. The molecule has 0 spiro atoms. The summed E-state index contributed by atoms with van der Waals surface area (Å²) in [7, 11) is -3.50. The van der Waals surface area contributed by atoms with Crippen molar-refractivity contribution in [3.63, 3.8) is 0 Å². The second kappa shape index (κ2) is 11.9. The third-order valence-electron chi connectivity index (χ3n) is 3.86. The number of sulfonamides is 1. The van der Waals surface area contributed by atoms with Crippen molar-refractivity contribution in [2.75, 3.05) is 25.4 Å². The summed E-state index contributed by atoms with van der Waals surface area (Å²) in [5.74, 6) is 0.553. The van der Waals surface area contributed by atoms with Crippen molar-refractivity contribution in [1.82, 2.24) is 10.6 Å². The minimum Gasteiger partial charge on any atom is -0.357 e. The molecular weight excluding hydrogens is 475 g/mol. The van der Waals surface area contributed by atoms with Gasteiger partial charge in [-0.3, -0.25) is 4.99 Å². The van der Waals surface area contributed by atoms with E-state index in [1.54, 1.807) is 0 Å². The molecule has 0 atom stereocenters. The normalized spacial score (nSPS) is 11.7. The van der Waals surface area contributed by atoms with E-state index in [1.165, 1.54) is 11.1 Å². The molecule has 27 heavy (non-hydrogen) atoms. The Hall–Kier alpha value is -1.65. The van der Waals surface area contributed by atoms with E-state index < -0.39 is 10.0 Å². The summed E-state index contributed by atoms with van der Waals surface area (Å²) in [5.41, 5.74) is 2.37. The molecule has 0 unspecified atom stereocenters. The summed E-state index contributed by atoms with van der Waals surface area (Å²) in [6, 6.07) is 20.4. The summed E-state index contributed by atoms with van der Waals surface area (Å²) in [6.45, 7) is 3.40. The van der Waals surface area contributed by atoms with Crippen LogP contribution >= 0.6 is 24.0 Å². The van der Waals surface area contributed by atoms with Gasteiger partial charge >= 0.3 is 0 Å². The number of nitrogens with two attached hydrogens (primary N) is 1. The Kier molecular flexibility index (Phi) is 10.3. The zero-order valence-corrected chi connectivity index (χ0v) is 18.5. The monoisotopic (exact) mass is 502 g/mol. The Labute approximate surface area is 178 Å². The first-order valence-corrected chi connectivity index (χ1v) is 10.3. The Morgan fingerprint density at radius 2 is 1.52 bits per heavy atom. The molecule has 0 amide bonds. The minimum absolute atomic E-state index is 0. The lowest BCUT2D eigenvalue weighted by Crippen LogP contribution is -2.40. The summed E-state index contributed by atoms with van der Waals surface area (Å²) >= 11 is 0. The molecule has 0 bridgehead atoms. The second-order valence-corrected chi connectivity index (χ2v) is 7.62. The average Bonchev–Trinajstić information content (AvgIpc) is 2.62. The van der Waals surface area contributed by atoms with Gasteiger partial charge in [0.2, 0.25) is 10.0 Å². The summed E-state index contributed by atoms with van der Waals surface area (Å²) in [6.07, 6.45) is 0. The predicted octanol–water partition coefficient (Wildman–Crippen LogP) is 2.28. The fourth-order valence-electron chi connectivity index (χ4n) is 2.61. The number of guanidine groups is 1. The van der Waals surface area contributed by atoms with Gasteiger partial charge in [0.05, 0.1) is 12.3 Å². The van der Waals surface area contributed by atoms with Crippen LogP contribution in [0.2, 0.25) is 0 Å². The smallest absolute Gasteiger partial charge is 0.210 e. The zero-order valence-electron chi connectivity index (χ0n) is 15.3. The van der Waals surface area contributed by atoms with Crippen molar-refractivity contribution in [3.05, 3.63) is 71.8 Å². The molecule has 2 aromatic carbocycles. The van der Waals surface area contributed by atoms with E-state index in [9.17, 15) is 8.42 Å². The van der Waals surface area contributed by atoms with E-state index in [0.717, 1.165) is 0 Å². The number of nitrogens with zero attached hydrogens (tertiary/aromatic N) is 1. The van der Waals surface area contributed by atoms with Gasteiger partial charge in [-0.05, 0) is 18.1 Å². The standard InChI is InChI=1S/C19H26N4O2S.HI/c1-2-21-19(22-13-14-26(20,24)25)23-15-18(16-9-5-3-6-10-16)17-11-7-4-8-12-17;/h3-12,18H,2,13-15H2,1H3,(H2,20,24,25)(H2,21,22,23);1H. The van der Waals surface area contributed by atoms with Gasteiger partial charge in [0, 0.05) is 19.0 Å². The molecule has 6 nitrogen and oxygen atoms in total. The Morgan fingerprint density at radius 1 is 1.00 bits per heavy atom. The van der Waals surface area contributed by atoms with Crippen LogP contribution in [-0.2, 0) is 10.0 Å². The Bertz CT molecular complexity index is 759. The van der Waals surface area contributed by atoms with Crippen LogP contribution in [0.25, 0.3) is 0 Å². The van der Waals surface area contributed by atoms with Crippen LogP contribution in [0.4, 0.5) is 0 Å². The molecule has 0 saturated heterocycles. The second-order valence-electron chi connectivity index (χ2n) is 5.89.